The summed E-state index contributed by atoms with van der Waals surface area (Å²) in [5.41, 5.74) is 1.59. The van der Waals surface area contributed by atoms with Crippen LogP contribution in [0.5, 0.6) is 0 Å². The van der Waals surface area contributed by atoms with Crippen LogP contribution >= 0.6 is 0 Å². The van der Waals surface area contributed by atoms with E-state index in [0.29, 0.717) is 17.3 Å². The summed E-state index contributed by atoms with van der Waals surface area (Å²) in [5.74, 6) is 1.87. The van der Waals surface area contributed by atoms with Crippen molar-refractivity contribution in [1.29, 1.82) is 0 Å². The minimum absolute atomic E-state index is 0.0282. The lowest BCUT2D eigenvalue weighted by Gasteiger charge is -2.55. The van der Waals surface area contributed by atoms with Crippen LogP contribution < -0.4 is 4.90 Å². The van der Waals surface area contributed by atoms with Gasteiger partial charge in [0, 0.05) is 35.5 Å². The van der Waals surface area contributed by atoms with E-state index in [-0.39, 0.29) is 17.5 Å². The largest absolute Gasteiger partial charge is 0.273 e. The van der Waals surface area contributed by atoms with Crippen LogP contribution in [-0.2, 0) is 5.54 Å². The quantitative estimate of drug-likeness (QED) is 0.563. The highest BCUT2D eigenvalue weighted by Crippen LogP contribution is 2.53. The highest BCUT2D eigenvalue weighted by molar-refractivity contribution is 6.06. The van der Waals surface area contributed by atoms with Gasteiger partial charge in [0.25, 0.3) is 5.91 Å². The second-order valence-corrected chi connectivity index (χ2v) is 9.55. The Balaban J connectivity index is 1.55. The molecule has 32 heavy (non-hydrogen) atoms. The summed E-state index contributed by atoms with van der Waals surface area (Å²) in [6, 6.07) is 13.7. The summed E-state index contributed by atoms with van der Waals surface area (Å²) in [6.07, 6.45) is 14.2. The van der Waals surface area contributed by atoms with Crippen molar-refractivity contribution in [2.75, 3.05) is 4.90 Å². The van der Waals surface area contributed by atoms with Crippen molar-refractivity contribution >= 4 is 11.9 Å². The van der Waals surface area contributed by atoms with Gasteiger partial charge in [0.05, 0.1) is 5.54 Å². The minimum Gasteiger partial charge on any atom is -0.273 e. The van der Waals surface area contributed by atoms with Gasteiger partial charge in [-0.2, -0.15) is 4.98 Å². The first-order valence-corrected chi connectivity index (χ1v) is 12.0. The molecule has 6 rings (SSSR count). The predicted molar refractivity (Wildman–Crippen MR) is 123 cm³/mol. The van der Waals surface area contributed by atoms with E-state index < -0.39 is 0 Å². The molecule has 2 aromatic heterocycles. The second kappa shape index (κ2) is 7.84. The number of aromatic nitrogens is 4. The van der Waals surface area contributed by atoms with E-state index in [0.717, 1.165) is 37.2 Å². The number of pyridine rings is 1. The lowest BCUT2D eigenvalue weighted by molar-refractivity contribution is 0.0314. The first-order valence-electron chi connectivity index (χ1n) is 12.0. The number of hydrogen-bond acceptors (Lipinski definition) is 4. The standard InChI is InChI=1S/C26H29N5O/c32-24(19-10-3-1-4-11-19)30-22-14-6-5-13-21(22)26(15-7-2-8-16-26)31-25(30)28-23(29-31)20-12-9-17-27-18-20/h1,3-4,9-12,17-18,21-22H,2,5-8,13-16H2. The maximum absolute atomic E-state index is 13.9. The number of carbonyl (C=O) groups is 1. The lowest BCUT2D eigenvalue weighted by atomic mass is 9.64. The summed E-state index contributed by atoms with van der Waals surface area (Å²) < 4.78 is 2.17. The Hall–Kier alpha value is -3.02. The molecule has 1 aromatic carbocycles. The van der Waals surface area contributed by atoms with Gasteiger partial charge in [-0.15, -0.1) is 5.10 Å². The van der Waals surface area contributed by atoms with E-state index in [1.54, 1.807) is 6.20 Å². The number of rotatable bonds is 2. The summed E-state index contributed by atoms with van der Waals surface area (Å²) >= 11 is 0. The van der Waals surface area contributed by atoms with Gasteiger partial charge in [0.2, 0.25) is 5.95 Å². The highest BCUT2D eigenvalue weighted by Gasteiger charge is 2.55. The molecule has 2 unspecified atom stereocenters. The molecule has 2 fully saturated rings. The molecule has 1 aliphatic heterocycles. The minimum atomic E-state index is -0.0282. The molecule has 1 spiro atoms. The Bertz CT molecular complexity index is 1100. The third-order valence-electron chi connectivity index (χ3n) is 7.86. The molecule has 2 saturated carbocycles. The molecule has 0 bridgehead atoms. The number of hydrogen-bond donors (Lipinski definition) is 0. The second-order valence-electron chi connectivity index (χ2n) is 9.55. The zero-order valence-corrected chi connectivity index (χ0v) is 18.4. The number of nitrogens with zero attached hydrogens (tertiary/aromatic N) is 5. The van der Waals surface area contributed by atoms with Crippen LogP contribution in [0, 0.1) is 5.92 Å². The van der Waals surface area contributed by atoms with Gasteiger partial charge in [-0.3, -0.25) is 14.7 Å². The molecule has 2 aliphatic carbocycles. The van der Waals surface area contributed by atoms with Gasteiger partial charge in [-0.1, -0.05) is 50.3 Å². The first-order chi connectivity index (χ1) is 15.8. The van der Waals surface area contributed by atoms with Crippen molar-refractivity contribution in [3.63, 3.8) is 0 Å². The maximum atomic E-state index is 13.9. The Labute approximate surface area is 188 Å². The molecule has 1 amide bonds. The van der Waals surface area contributed by atoms with Crippen LogP contribution in [0.25, 0.3) is 11.4 Å². The first kappa shape index (κ1) is 19.6. The molecular weight excluding hydrogens is 398 g/mol. The average molecular weight is 428 g/mol. The van der Waals surface area contributed by atoms with Crippen LogP contribution in [0.1, 0.15) is 68.1 Å². The highest BCUT2D eigenvalue weighted by atomic mass is 16.2. The summed E-state index contributed by atoms with van der Waals surface area (Å²) in [4.78, 5) is 25.1. The maximum Gasteiger partial charge on any atom is 0.260 e. The fraction of sp³-hybridized carbons (Fsp3) is 0.462. The number of fused-ring (bicyclic) bond motifs is 4. The fourth-order valence-corrected chi connectivity index (χ4v) is 6.44. The Kier molecular flexibility index (Phi) is 4.81. The zero-order chi connectivity index (χ0) is 21.5. The van der Waals surface area contributed by atoms with Gasteiger partial charge in [0.15, 0.2) is 5.82 Å². The van der Waals surface area contributed by atoms with E-state index in [1.165, 1.54) is 32.1 Å². The van der Waals surface area contributed by atoms with E-state index in [1.807, 2.05) is 53.6 Å². The van der Waals surface area contributed by atoms with Gasteiger partial charge >= 0.3 is 0 Å². The molecule has 0 saturated heterocycles. The monoisotopic (exact) mass is 427 g/mol. The van der Waals surface area contributed by atoms with Crippen LogP contribution in [0.15, 0.2) is 54.9 Å². The third kappa shape index (κ3) is 2.99. The van der Waals surface area contributed by atoms with E-state index in [2.05, 4.69) is 9.67 Å². The van der Waals surface area contributed by atoms with Gasteiger partial charge in [-0.05, 0) is 49.9 Å². The summed E-state index contributed by atoms with van der Waals surface area (Å²) in [6.45, 7) is 0. The van der Waals surface area contributed by atoms with Crippen LogP contribution in [0.2, 0.25) is 0 Å². The normalized spacial score (nSPS) is 24.1. The van der Waals surface area contributed by atoms with Gasteiger partial charge in [0.1, 0.15) is 0 Å². The molecule has 3 aromatic rings. The number of anilines is 1. The zero-order valence-electron chi connectivity index (χ0n) is 18.4. The van der Waals surface area contributed by atoms with Crippen molar-refractivity contribution in [3.8, 4) is 11.4 Å². The third-order valence-corrected chi connectivity index (χ3v) is 7.86. The molecule has 2 atom stereocenters. The molecule has 6 nitrogen and oxygen atoms in total. The van der Waals surface area contributed by atoms with Crippen molar-refractivity contribution < 1.29 is 4.79 Å². The average Bonchev–Trinajstić information content (AvgIpc) is 3.32. The van der Waals surface area contributed by atoms with E-state index in [4.69, 9.17) is 10.1 Å². The number of carbonyl (C=O) groups excluding carboxylic acids is 1. The molecule has 3 heterocycles. The number of benzene rings is 1. The van der Waals surface area contributed by atoms with Crippen LogP contribution in [-0.4, -0.2) is 31.7 Å². The van der Waals surface area contributed by atoms with Crippen molar-refractivity contribution in [1.82, 2.24) is 19.7 Å². The molecule has 0 N–H and O–H groups in total. The van der Waals surface area contributed by atoms with Crippen LogP contribution in [0.4, 0.5) is 5.95 Å². The van der Waals surface area contributed by atoms with Crippen LogP contribution in [0.3, 0.4) is 0 Å². The van der Waals surface area contributed by atoms with E-state index >= 15 is 0 Å². The summed E-state index contributed by atoms with van der Waals surface area (Å²) in [7, 11) is 0. The topological polar surface area (TPSA) is 63.9 Å². The molecule has 3 aliphatic rings. The Morgan fingerprint density at radius 2 is 1.75 bits per heavy atom. The predicted octanol–water partition coefficient (Wildman–Crippen LogP) is 5.22. The van der Waals surface area contributed by atoms with E-state index in [9.17, 15) is 4.79 Å². The van der Waals surface area contributed by atoms with Crippen molar-refractivity contribution in [2.45, 2.75) is 69.4 Å². The van der Waals surface area contributed by atoms with Crippen molar-refractivity contribution in [3.05, 3.63) is 60.4 Å². The summed E-state index contributed by atoms with van der Waals surface area (Å²) in [5, 5.41) is 5.09. The lowest BCUT2D eigenvalue weighted by Crippen LogP contribution is -2.61. The van der Waals surface area contributed by atoms with Crippen molar-refractivity contribution in [2.24, 2.45) is 5.92 Å². The fourth-order valence-electron chi connectivity index (χ4n) is 6.44. The molecule has 0 radical (unpaired) electrons. The molecular formula is C26H29N5O. The smallest absolute Gasteiger partial charge is 0.260 e. The number of amides is 1. The van der Waals surface area contributed by atoms with Gasteiger partial charge in [-0.25, -0.2) is 4.68 Å². The molecule has 6 heteroatoms. The Morgan fingerprint density at radius 3 is 2.53 bits per heavy atom. The Morgan fingerprint density at radius 1 is 0.938 bits per heavy atom. The molecule has 164 valence electrons. The van der Waals surface area contributed by atoms with Gasteiger partial charge < -0.3 is 0 Å². The SMILES string of the molecule is O=C(c1ccccc1)N1c2nc(-c3cccnc3)nn2C2(CCCCC2)C2CCCCC21.